The third-order valence-electron chi connectivity index (χ3n) is 16.6. The van der Waals surface area contributed by atoms with E-state index < -0.39 is 0 Å². The summed E-state index contributed by atoms with van der Waals surface area (Å²) in [4.78, 5) is 2.72. The maximum absolute atomic E-state index is 4.25. The van der Waals surface area contributed by atoms with Crippen molar-refractivity contribution in [3.8, 4) is 11.1 Å². The molecule has 66 heavy (non-hydrogen) atoms. The molecule has 2 bridgehead atoms. The summed E-state index contributed by atoms with van der Waals surface area (Å²) in [6.45, 7) is 36.1. The molecule has 1 saturated carbocycles. The van der Waals surface area contributed by atoms with Crippen molar-refractivity contribution in [2.75, 3.05) is 4.90 Å². The average Bonchev–Trinajstić information content (AvgIpc) is 3.31. The van der Waals surface area contributed by atoms with Gasteiger partial charge >= 0.3 is 0 Å². The average molecular weight is 879 g/mol. The number of nitrogens with zero attached hydrogens (tertiary/aromatic N) is 1. The van der Waals surface area contributed by atoms with Gasteiger partial charge in [0.15, 0.2) is 0 Å². The van der Waals surface area contributed by atoms with E-state index in [1.54, 1.807) is 5.57 Å². The minimum absolute atomic E-state index is 0.00705. The molecule has 4 aliphatic heterocycles. The van der Waals surface area contributed by atoms with E-state index in [-0.39, 0.29) is 39.3 Å². The zero-order valence-corrected chi connectivity index (χ0v) is 43.9. The van der Waals surface area contributed by atoms with Crippen LogP contribution in [0.3, 0.4) is 0 Å². The zero-order chi connectivity index (χ0) is 47.6. The van der Waals surface area contributed by atoms with Crippen molar-refractivity contribution in [1.29, 1.82) is 0 Å². The Morgan fingerprint density at radius 3 is 1.95 bits per heavy atom. The van der Waals surface area contributed by atoms with E-state index in [9.17, 15) is 0 Å². The van der Waals surface area contributed by atoms with Crippen LogP contribution in [0.15, 0.2) is 120 Å². The molecule has 9 rings (SSSR count). The Morgan fingerprint density at radius 1 is 0.697 bits per heavy atom. The Balaban J connectivity index is 1.58. The number of nitrogens with one attached hydrogen (secondary N) is 1. The van der Waals surface area contributed by atoms with Crippen LogP contribution in [0.1, 0.15) is 184 Å². The van der Waals surface area contributed by atoms with Crippen molar-refractivity contribution in [2.45, 2.75) is 183 Å². The van der Waals surface area contributed by atoms with E-state index in [0.717, 1.165) is 6.42 Å². The maximum Gasteiger partial charge on any atom is 0.249 e. The van der Waals surface area contributed by atoms with Gasteiger partial charge in [0.2, 0.25) is 6.71 Å². The smallest absolute Gasteiger partial charge is 0.249 e. The molecule has 0 saturated heterocycles. The summed E-state index contributed by atoms with van der Waals surface area (Å²) in [7, 11) is 0. The number of benzene rings is 4. The van der Waals surface area contributed by atoms with E-state index in [4.69, 9.17) is 0 Å². The molecule has 0 amide bonds. The molecule has 1 N–H and O–H groups in total. The number of allylic oxidation sites excluding steroid dienone is 6. The Kier molecular flexibility index (Phi) is 12.8. The summed E-state index contributed by atoms with van der Waals surface area (Å²) in [6.07, 6.45) is 23.6. The molecule has 1 aliphatic carbocycles. The molecule has 4 heterocycles. The summed E-state index contributed by atoms with van der Waals surface area (Å²) < 4.78 is 0. The monoisotopic (exact) mass is 879 g/mol. The highest BCUT2D eigenvalue weighted by molar-refractivity contribution is 6.94. The lowest BCUT2D eigenvalue weighted by Crippen LogP contribution is -2.55. The van der Waals surface area contributed by atoms with Gasteiger partial charge < -0.3 is 10.2 Å². The van der Waals surface area contributed by atoms with Gasteiger partial charge in [0.05, 0.1) is 5.69 Å². The van der Waals surface area contributed by atoms with Crippen LogP contribution < -0.4 is 21.1 Å². The fourth-order valence-electron chi connectivity index (χ4n) is 12.2. The van der Waals surface area contributed by atoms with Crippen molar-refractivity contribution in [2.24, 2.45) is 16.7 Å². The van der Waals surface area contributed by atoms with Crippen molar-refractivity contribution >= 4 is 40.3 Å². The number of rotatable bonds is 9. The summed E-state index contributed by atoms with van der Waals surface area (Å²) in [6, 6.07) is 31.5. The van der Waals surface area contributed by atoms with Crippen molar-refractivity contribution in [3.05, 3.63) is 143 Å². The Morgan fingerprint density at radius 2 is 1.33 bits per heavy atom. The maximum atomic E-state index is 4.25. The molecule has 348 valence electrons. The van der Waals surface area contributed by atoms with Crippen LogP contribution >= 0.6 is 0 Å². The molecule has 3 heteroatoms. The van der Waals surface area contributed by atoms with Crippen molar-refractivity contribution in [1.82, 2.24) is 5.32 Å². The Bertz CT molecular complexity index is 2570. The molecule has 2 nitrogen and oxygen atoms in total. The molecule has 4 aromatic rings. The van der Waals surface area contributed by atoms with Crippen LogP contribution in [0.5, 0.6) is 0 Å². The highest BCUT2D eigenvalue weighted by Gasteiger charge is 2.52. The van der Waals surface area contributed by atoms with Gasteiger partial charge in [-0.1, -0.05) is 200 Å². The Hall–Kier alpha value is -4.50. The second-order valence-electron chi connectivity index (χ2n) is 24.9. The van der Waals surface area contributed by atoms with Crippen LogP contribution in [0.25, 0.3) is 16.7 Å². The van der Waals surface area contributed by atoms with Crippen LogP contribution in [0.2, 0.25) is 0 Å². The fraction of sp³-hybridized carbons (Fsp3) is 0.492. The van der Waals surface area contributed by atoms with Gasteiger partial charge in [-0.15, -0.1) is 0 Å². The van der Waals surface area contributed by atoms with Gasteiger partial charge in [0, 0.05) is 33.3 Å². The predicted molar refractivity (Wildman–Crippen MR) is 291 cm³/mol. The van der Waals surface area contributed by atoms with E-state index in [2.05, 4.69) is 223 Å². The van der Waals surface area contributed by atoms with E-state index in [1.165, 1.54) is 124 Å². The van der Waals surface area contributed by atoms with E-state index in [1.807, 2.05) is 0 Å². The minimum Gasteiger partial charge on any atom is -0.386 e. The van der Waals surface area contributed by atoms with Gasteiger partial charge in [-0.25, -0.2) is 0 Å². The van der Waals surface area contributed by atoms with E-state index >= 15 is 0 Å². The molecule has 5 aliphatic rings. The third kappa shape index (κ3) is 8.64. The summed E-state index contributed by atoms with van der Waals surface area (Å²) >= 11 is 0. The van der Waals surface area contributed by atoms with Crippen LogP contribution in [0.4, 0.5) is 17.1 Å². The molecular weight excluding hydrogens is 796 g/mol. The first-order valence-electron chi connectivity index (χ1n) is 25.9. The van der Waals surface area contributed by atoms with E-state index in [0.29, 0.717) is 5.92 Å². The number of hydrogen-bond donors (Lipinski definition) is 1. The first-order valence-corrected chi connectivity index (χ1v) is 25.9. The molecule has 2 atom stereocenters. The molecular formula is C63H83BN2. The lowest BCUT2D eigenvalue weighted by Gasteiger charge is -2.52. The zero-order valence-electron chi connectivity index (χ0n) is 43.9. The van der Waals surface area contributed by atoms with Gasteiger partial charge in [0.1, 0.15) is 0 Å². The number of fused-ring (bicyclic) bond motifs is 4. The van der Waals surface area contributed by atoms with Crippen molar-refractivity contribution in [3.63, 3.8) is 0 Å². The van der Waals surface area contributed by atoms with Crippen LogP contribution in [-0.2, 0) is 16.2 Å². The second-order valence-corrected chi connectivity index (χ2v) is 24.9. The molecule has 1 fully saturated rings. The quantitative estimate of drug-likeness (QED) is 0.133. The standard InChI is InChI=1S/C63H83BN2/c1-16-24-43(3)31-35-62(15,32-17-2)48-38-51-52-39-47(60(10,11)12)36-49(42-65-61(13,14)63(52)33-22-19-23-34-63)64-53-40-46(59(7,8)9)28-30-55(53)66(56(41-48)57(51)64)54-29-27-45(58(4,5)6)37-50(54)44-25-20-18-21-26-44/h17-18,20-21,25-30,32,36-43,65H,16,19,22-24,31,33-35H2,1-15H3/b32-17+,47-36+,49-42-,52-39+/t43?,62-/m1/s1. The van der Waals surface area contributed by atoms with Gasteiger partial charge in [-0.05, 0) is 149 Å². The van der Waals surface area contributed by atoms with Crippen molar-refractivity contribution < 1.29 is 0 Å². The first-order chi connectivity index (χ1) is 31.0. The normalized spacial score (nSPS) is 21.7. The molecule has 1 unspecified atom stereocenters. The highest BCUT2D eigenvalue weighted by atomic mass is 15.2. The lowest BCUT2D eigenvalue weighted by atomic mass is 9.32. The summed E-state index contributed by atoms with van der Waals surface area (Å²) in [5.41, 5.74) is 18.6. The molecule has 0 aromatic heterocycles. The number of anilines is 3. The summed E-state index contributed by atoms with van der Waals surface area (Å²) in [5.74, 6) is 0.677. The van der Waals surface area contributed by atoms with Gasteiger partial charge in [-0.2, -0.15) is 0 Å². The molecule has 0 radical (unpaired) electrons. The molecule has 4 aromatic carbocycles. The van der Waals surface area contributed by atoms with Gasteiger partial charge in [-0.3, -0.25) is 0 Å². The second kappa shape index (κ2) is 17.5. The first kappa shape index (κ1) is 48.0. The fourth-order valence-corrected chi connectivity index (χ4v) is 12.2. The lowest BCUT2D eigenvalue weighted by molar-refractivity contribution is 0.138. The van der Waals surface area contributed by atoms with Crippen LogP contribution in [0, 0.1) is 16.7 Å². The molecule has 1 spiro atoms. The topological polar surface area (TPSA) is 15.3 Å². The highest BCUT2D eigenvalue weighted by Crippen LogP contribution is 2.57. The third-order valence-corrected chi connectivity index (χ3v) is 16.6. The predicted octanol–water partition coefficient (Wildman–Crippen LogP) is 16.5. The van der Waals surface area contributed by atoms with Crippen LogP contribution in [-0.4, -0.2) is 12.3 Å². The minimum atomic E-state index is -0.191. The summed E-state index contributed by atoms with van der Waals surface area (Å²) in [5, 5.41) is 4.25. The largest absolute Gasteiger partial charge is 0.386 e. The number of hydrogen-bond acceptors (Lipinski definition) is 2. The van der Waals surface area contributed by atoms with Gasteiger partial charge in [0.25, 0.3) is 0 Å². The Labute approximate surface area is 402 Å². The SMILES string of the molecule is C/C=C/[C@](C)(CCC(C)CCC)c1cc2c3c(c1)N(c1ccc(C(C)(C)C)cc1-c1ccccc1)c1ccc(C(C)(C)C)cc1B3C1=C\NC(C)(C)C3(CCCCC3)/C2=C/C(C(C)(C)C)=C\1.